The lowest BCUT2D eigenvalue weighted by atomic mass is 10.2. The van der Waals surface area contributed by atoms with Crippen LogP contribution in [0.3, 0.4) is 0 Å². The first-order valence-electron chi connectivity index (χ1n) is 9.23. The van der Waals surface area contributed by atoms with Gasteiger partial charge in [0.25, 0.3) is 5.91 Å². The van der Waals surface area contributed by atoms with E-state index in [-0.39, 0.29) is 24.6 Å². The van der Waals surface area contributed by atoms with Crippen LogP contribution in [-0.2, 0) is 14.3 Å². The third-order valence-electron chi connectivity index (χ3n) is 3.73. The molecule has 166 valence electrons. The van der Waals surface area contributed by atoms with E-state index in [1.54, 1.807) is 57.2 Å². The lowest BCUT2D eigenvalue weighted by molar-refractivity contribution is -0.137. The summed E-state index contributed by atoms with van der Waals surface area (Å²) in [7, 11) is 1.45. The van der Waals surface area contributed by atoms with Crippen LogP contribution in [0.25, 0.3) is 6.08 Å². The zero-order chi connectivity index (χ0) is 23.2. The predicted molar refractivity (Wildman–Crippen MR) is 121 cm³/mol. The monoisotopic (exact) mass is 465 g/mol. The number of carbonyl (C=O) groups is 3. The number of carbonyl (C=O) groups excluding carboxylic acids is 2. The number of rotatable bonds is 7. The summed E-state index contributed by atoms with van der Waals surface area (Å²) >= 11 is 6.27. The Morgan fingerprint density at radius 3 is 2.58 bits per heavy atom. The summed E-state index contributed by atoms with van der Waals surface area (Å²) in [6.45, 7) is 5.25. The van der Waals surface area contributed by atoms with E-state index < -0.39 is 17.7 Å². The van der Waals surface area contributed by atoms with Gasteiger partial charge in [-0.2, -0.15) is 0 Å². The number of amides is 1. The van der Waals surface area contributed by atoms with E-state index in [2.05, 4.69) is 0 Å². The van der Waals surface area contributed by atoms with Gasteiger partial charge in [0.15, 0.2) is 11.5 Å². The molecule has 8 nitrogen and oxygen atoms in total. The second-order valence-electron chi connectivity index (χ2n) is 7.34. The van der Waals surface area contributed by atoms with E-state index in [0.29, 0.717) is 15.0 Å². The Hall–Kier alpha value is -2.85. The number of hydrogen-bond acceptors (Lipinski definition) is 8. The van der Waals surface area contributed by atoms with Gasteiger partial charge in [0.2, 0.25) is 0 Å². The van der Waals surface area contributed by atoms with Crippen molar-refractivity contribution in [3.8, 4) is 11.5 Å². The van der Waals surface area contributed by atoms with Crippen molar-refractivity contribution in [3.63, 3.8) is 0 Å². The van der Waals surface area contributed by atoms with Crippen molar-refractivity contribution in [1.29, 1.82) is 0 Å². The normalized spacial score (nSPS) is 15.6. The Kier molecular flexibility index (Phi) is 8.23. The number of aliphatic carboxylic acids is 1. The molecule has 31 heavy (non-hydrogen) atoms. The van der Waals surface area contributed by atoms with Crippen molar-refractivity contribution in [1.82, 2.24) is 4.90 Å². The molecule has 0 bridgehead atoms. The fourth-order valence-electron chi connectivity index (χ4n) is 2.39. The molecule has 0 unspecified atom stereocenters. The van der Waals surface area contributed by atoms with Gasteiger partial charge in [-0.3, -0.25) is 14.5 Å². The number of nitrogens with zero attached hydrogens (tertiary/aromatic N) is 1. The molecule has 1 aromatic rings. The third kappa shape index (κ3) is 7.41. The van der Waals surface area contributed by atoms with Crippen LogP contribution in [0.2, 0.25) is 0 Å². The standard InChI is InChI=1S/C21H23NO7S2/c1-21(2,3)29-20(26)28-14-9-8-13(12-15(14)27-4)6-5-7-16-18(25)22(19(30)31-16)11-10-17(23)24/h5-9,12H,10-11H2,1-4H3,(H,23,24). The van der Waals surface area contributed by atoms with Crippen LogP contribution < -0.4 is 9.47 Å². The Labute approximate surface area is 189 Å². The van der Waals surface area contributed by atoms with E-state index in [9.17, 15) is 14.4 Å². The largest absolute Gasteiger partial charge is 0.514 e. The smallest absolute Gasteiger partial charge is 0.493 e. The maximum atomic E-state index is 12.4. The molecule has 1 aliphatic rings. The van der Waals surface area contributed by atoms with Crippen molar-refractivity contribution in [2.45, 2.75) is 32.8 Å². The van der Waals surface area contributed by atoms with Crippen molar-refractivity contribution in [2.24, 2.45) is 0 Å². The molecule has 10 heteroatoms. The van der Waals surface area contributed by atoms with Crippen LogP contribution in [0, 0.1) is 0 Å². The minimum Gasteiger partial charge on any atom is -0.493 e. The summed E-state index contributed by atoms with van der Waals surface area (Å²) < 4.78 is 15.9. The van der Waals surface area contributed by atoms with E-state index in [0.717, 1.165) is 17.3 Å². The van der Waals surface area contributed by atoms with Gasteiger partial charge >= 0.3 is 12.1 Å². The maximum Gasteiger partial charge on any atom is 0.514 e. The van der Waals surface area contributed by atoms with Crippen molar-refractivity contribution < 1.29 is 33.7 Å². The second kappa shape index (κ2) is 10.5. The van der Waals surface area contributed by atoms with E-state index in [1.807, 2.05) is 0 Å². The van der Waals surface area contributed by atoms with Gasteiger partial charge in [-0.1, -0.05) is 42.2 Å². The molecular weight excluding hydrogens is 442 g/mol. The molecule has 0 spiro atoms. The molecule has 1 fully saturated rings. The summed E-state index contributed by atoms with van der Waals surface area (Å²) in [6, 6.07) is 4.96. The Morgan fingerprint density at radius 1 is 1.26 bits per heavy atom. The number of carboxylic acids is 1. The fraction of sp³-hybridized carbons (Fsp3) is 0.333. The van der Waals surface area contributed by atoms with Crippen LogP contribution in [-0.4, -0.2) is 51.6 Å². The topological polar surface area (TPSA) is 102 Å². The van der Waals surface area contributed by atoms with Crippen molar-refractivity contribution >= 4 is 52.4 Å². The average Bonchev–Trinajstić information content (AvgIpc) is 2.92. The number of thioether (sulfide) groups is 1. The van der Waals surface area contributed by atoms with Gasteiger partial charge < -0.3 is 19.3 Å². The summed E-state index contributed by atoms with van der Waals surface area (Å²) in [6.07, 6.45) is 4.01. The molecule has 0 aliphatic carbocycles. The minimum absolute atomic E-state index is 0.0391. The van der Waals surface area contributed by atoms with Crippen molar-refractivity contribution in [2.75, 3.05) is 13.7 Å². The highest BCUT2D eigenvalue weighted by atomic mass is 32.2. The number of methoxy groups -OCH3 is 1. The van der Waals surface area contributed by atoms with Gasteiger partial charge in [0.1, 0.15) is 9.92 Å². The number of allylic oxidation sites excluding steroid dienone is 2. The number of hydrogen-bond donors (Lipinski definition) is 1. The molecule has 0 radical (unpaired) electrons. The highest BCUT2D eigenvalue weighted by Gasteiger charge is 2.31. The average molecular weight is 466 g/mol. The first kappa shape index (κ1) is 24.4. The summed E-state index contributed by atoms with van der Waals surface area (Å²) in [5.74, 6) is -0.758. The van der Waals surface area contributed by atoms with E-state index in [1.165, 1.54) is 12.0 Å². The fourth-order valence-corrected chi connectivity index (χ4v) is 3.65. The number of benzene rings is 1. The molecular formula is C21H23NO7S2. The molecule has 1 aliphatic heterocycles. The minimum atomic E-state index is -0.994. The third-order valence-corrected chi connectivity index (χ3v) is 5.13. The van der Waals surface area contributed by atoms with Crippen LogP contribution in [0.15, 0.2) is 35.3 Å². The highest BCUT2D eigenvalue weighted by Crippen LogP contribution is 2.32. The number of carboxylic acid groups (broad SMARTS) is 1. The molecule has 1 aromatic carbocycles. The lowest BCUT2D eigenvalue weighted by Crippen LogP contribution is -2.30. The van der Waals surface area contributed by atoms with E-state index in [4.69, 9.17) is 31.5 Å². The van der Waals surface area contributed by atoms with Crippen LogP contribution in [0.4, 0.5) is 4.79 Å². The summed E-state index contributed by atoms with van der Waals surface area (Å²) in [5.41, 5.74) is 0.0628. The Bertz CT molecular complexity index is 948. The van der Waals surface area contributed by atoms with Gasteiger partial charge in [-0.25, -0.2) is 4.79 Å². The Balaban J connectivity index is 2.07. The first-order chi connectivity index (χ1) is 14.5. The van der Waals surface area contributed by atoms with Gasteiger partial charge in [-0.05, 0) is 44.5 Å². The lowest BCUT2D eigenvalue weighted by Gasteiger charge is -2.19. The number of thiocarbonyl (C=S) groups is 1. The highest BCUT2D eigenvalue weighted by molar-refractivity contribution is 8.26. The molecule has 1 saturated heterocycles. The Morgan fingerprint density at radius 2 is 1.97 bits per heavy atom. The molecule has 1 heterocycles. The van der Waals surface area contributed by atoms with Gasteiger partial charge in [-0.15, -0.1) is 0 Å². The van der Waals surface area contributed by atoms with Crippen LogP contribution >= 0.6 is 24.0 Å². The SMILES string of the molecule is COc1cc(C=CC=C2SC(=S)N(CCC(=O)O)C2=O)ccc1OC(=O)OC(C)(C)C. The van der Waals surface area contributed by atoms with Gasteiger partial charge in [0, 0.05) is 6.54 Å². The quantitative estimate of drug-likeness (QED) is 0.274. The maximum absolute atomic E-state index is 12.4. The van der Waals surface area contributed by atoms with Crippen LogP contribution in [0.5, 0.6) is 11.5 Å². The molecule has 0 atom stereocenters. The predicted octanol–water partition coefficient (Wildman–Crippen LogP) is 4.24. The summed E-state index contributed by atoms with van der Waals surface area (Å²) in [4.78, 5) is 36.6. The zero-order valence-corrected chi connectivity index (χ0v) is 19.2. The van der Waals surface area contributed by atoms with E-state index >= 15 is 0 Å². The zero-order valence-electron chi connectivity index (χ0n) is 17.5. The molecule has 1 amide bonds. The second-order valence-corrected chi connectivity index (χ2v) is 9.01. The number of ether oxygens (including phenoxy) is 3. The molecule has 0 saturated carbocycles. The molecule has 0 aromatic heterocycles. The summed E-state index contributed by atoms with van der Waals surface area (Å²) in [5, 5.41) is 8.78. The van der Waals surface area contributed by atoms with Crippen LogP contribution in [0.1, 0.15) is 32.8 Å². The molecule has 1 N–H and O–H groups in total. The van der Waals surface area contributed by atoms with Gasteiger partial charge in [0.05, 0.1) is 18.4 Å². The molecule has 2 rings (SSSR count). The van der Waals surface area contributed by atoms with Crippen molar-refractivity contribution in [3.05, 3.63) is 40.8 Å². The first-order valence-corrected chi connectivity index (χ1v) is 10.5.